The molecule has 1 atom stereocenters. The number of halogens is 1. The van der Waals surface area contributed by atoms with Crippen LogP contribution in [-0.4, -0.2) is 52.6 Å². The largest absolute Gasteiger partial charge is 0.683 e. The quantitative estimate of drug-likeness (QED) is 0.478. The number of carbonyl (C=O) groups is 1. The summed E-state index contributed by atoms with van der Waals surface area (Å²) in [5.41, 5.74) is 4.55. The average Bonchev–Trinajstić information content (AvgIpc) is 3.16. The number of aromatic nitrogens is 2. The Morgan fingerprint density at radius 1 is 1.09 bits per heavy atom. The maximum Gasteiger partial charge on any atom is 0.242 e. The number of carbonyl (C=O) groups excluding carboxylic acids is 1. The third-order valence-electron chi connectivity index (χ3n) is 7.19. The Hall–Kier alpha value is -2.90. The second-order valence-corrected chi connectivity index (χ2v) is 10.1. The lowest BCUT2D eigenvalue weighted by molar-refractivity contribution is -0.121. The first-order chi connectivity index (χ1) is 16.8. The molecule has 6 nitrogen and oxygen atoms in total. The molecule has 5 rings (SSSR count). The van der Waals surface area contributed by atoms with Crippen LogP contribution in [-0.2, 0) is 24.2 Å². The van der Waals surface area contributed by atoms with Gasteiger partial charge in [-0.3, -0.25) is 25.6 Å². The number of amides is 1. The standard InChI is InChI=1S/C28H33FN5O/c1-18(2)24-15-25-23(16-30-24)22-9-10-26(31-28(22)34(25)19(3)4)33-14-13-32(17-27(33)35)12-11-20-5-7-21(29)8-6-20/h5-10,24H,11-17H2,1-4H3/q-3. The molecule has 0 N–H and O–H groups in total. The summed E-state index contributed by atoms with van der Waals surface area (Å²) in [7, 11) is 0. The van der Waals surface area contributed by atoms with Crippen molar-refractivity contribution in [1.29, 1.82) is 0 Å². The molecular formula is C28H33FN5O-3. The van der Waals surface area contributed by atoms with Crippen molar-refractivity contribution in [2.75, 3.05) is 31.1 Å². The van der Waals surface area contributed by atoms with Crippen molar-refractivity contribution in [2.24, 2.45) is 0 Å². The summed E-state index contributed by atoms with van der Waals surface area (Å²) in [5.74, 6) is 1.88. The second-order valence-electron chi connectivity index (χ2n) is 10.1. The number of anilines is 1. The SMILES string of the molecule is C[C-](C)C1Cc2c(c3ccc(N4CCN(CCc5ccc(F)cc5)CC4=O)nc3n2[C-](C)C)C[N-]1. The summed E-state index contributed by atoms with van der Waals surface area (Å²) in [6.07, 6.45) is 1.68. The molecule has 3 aromatic rings. The number of rotatable bonds is 6. The molecule has 1 aromatic carbocycles. The third-order valence-corrected chi connectivity index (χ3v) is 7.19. The van der Waals surface area contributed by atoms with Crippen LogP contribution in [0.25, 0.3) is 16.4 Å². The molecule has 2 aliphatic heterocycles. The Balaban J connectivity index is 1.34. The van der Waals surface area contributed by atoms with Gasteiger partial charge < -0.3 is 15.8 Å². The number of hydrogen-bond acceptors (Lipinski definition) is 3. The zero-order valence-corrected chi connectivity index (χ0v) is 21.0. The van der Waals surface area contributed by atoms with E-state index in [-0.39, 0.29) is 17.8 Å². The minimum absolute atomic E-state index is 0.0635. The maximum atomic E-state index is 13.1. The second kappa shape index (κ2) is 9.63. The molecule has 0 bridgehead atoms. The van der Waals surface area contributed by atoms with E-state index in [4.69, 9.17) is 10.3 Å². The summed E-state index contributed by atoms with van der Waals surface area (Å²) < 4.78 is 15.4. The molecule has 0 radical (unpaired) electrons. The molecule has 1 fully saturated rings. The smallest absolute Gasteiger partial charge is 0.242 e. The molecule has 2 aromatic heterocycles. The van der Waals surface area contributed by atoms with Crippen molar-refractivity contribution in [1.82, 2.24) is 14.5 Å². The topological polar surface area (TPSA) is 55.5 Å². The Kier molecular flexibility index (Phi) is 6.55. The molecule has 0 aliphatic carbocycles. The highest BCUT2D eigenvalue weighted by molar-refractivity contribution is 5.96. The lowest BCUT2D eigenvalue weighted by Crippen LogP contribution is -2.51. The van der Waals surface area contributed by atoms with Gasteiger partial charge in [0.1, 0.15) is 11.6 Å². The molecule has 7 heteroatoms. The van der Waals surface area contributed by atoms with Crippen molar-refractivity contribution in [3.8, 4) is 0 Å². The van der Waals surface area contributed by atoms with Crippen LogP contribution in [0.15, 0.2) is 36.4 Å². The van der Waals surface area contributed by atoms with Gasteiger partial charge in [0, 0.05) is 25.3 Å². The summed E-state index contributed by atoms with van der Waals surface area (Å²) in [6, 6.07) is 12.1. The number of nitrogens with zero attached hydrogens (tertiary/aromatic N) is 5. The number of pyridine rings is 1. The molecule has 186 valence electrons. The Bertz CT molecular complexity index is 1220. The van der Waals surface area contributed by atoms with E-state index < -0.39 is 0 Å². The predicted molar refractivity (Wildman–Crippen MR) is 138 cm³/mol. The Labute approximate surface area is 207 Å². The number of piperazine rings is 1. The minimum Gasteiger partial charge on any atom is -0.683 e. The van der Waals surface area contributed by atoms with Gasteiger partial charge in [-0.2, -0.15) is 13.8 Å². The van der Waals surface area contributed by atoms with E-state index in [0.717, 1.165) is 42.5 Å². The highest BCUT2D eigenvalue weighted by Crippen LogP contribution is 2.38. The first kappa shape index (κ1) is 23.8. The lowest BCUT2D eigenvalue weighted by Gasteiger charge is -2.51. The number of fused-ring (bicyclic) bond motifs is 3. The monoisotopic (exact) mass is 474 g/mol. The molecule has 1 saturated heterocycles. The van der Waals surface area contributed by atoms with Gasteiger partial charge in [-0.05, 0) is 35.6 Å². The summed E-state index contributed by atoms with van der Waals surface area (Å²) >= 11 is 0. The van der Waals surface area contributed by atoms with Crippen LogP contribution < -0.4 is 4.90 Å². The van der Waals surface area contributed by atoms with E-state index in [1.807, 2.05) is 23.1 Å². The molecule has 35 heavy (non-hydrogen) atoms. The van der Waals surface area contributed by atoms with Gasteiger partial charge in [-0.1, -0.05) is 37.7 Å². The van der Waals surface area contributed by atoms with Crippen LogP contribution in [0, 0.1) is 17.8 Å². The molecule has 0 saturated carbocycles. The first-order valence-corrected chi connectivity index (χ1v) is 12.4. The first-order valence-electron chi connectivity index (χ1n) is 12.4. The highest BCUT2D eigenvalue weighted by Gasteiger charge is 2.26. The van der Waals surface area contributed by atoms with Gasteiger partial charge in [-0.15, -0.1) is 24.6 Å². The van der Waals surface area contributed by atoms with E-state index >= 15 is 0 Å². The van der Waals surface area contributed by atoms with E-state index in [1.165, 1.54) is 35.3 Å². The molecule has 4 heterocycles. The summed E-state index contributed by atoms with van der Waals surface area (Å²) in [4.78, 5) is 22.1. The molecule has 1 amide bonds. The lowest BCUT2D eigenvalue weighted by atomic mass is 9.93. The van der Waals surface area contributed by atoms with Crippen LogP contribution in [0.4, 0.5) is 10.2 Å². The van der Waals surface area contributed by atoms with Crippen LogP contribution in [0.3, 0.4) is 0 Å². The van der Waals surface area contributed by atoms with Gasteiger partial charge in [0.25, 0.3) is 0 Å². The van der Waals surface area contributed by atoms with E-state index in [2.05, 4.69) is 43.2 Å². The fourth-order valence-corrected chi connectivity index (χ4v) is 5.21. The van der Waals surface area contributed by atoms with Crippen molar-refractivity contribution in [3.63, 3.8) is 0 Å². The predicted octanol–water partition coefficient (Wildman–Crippen LogP) is 4.90. The van der Waals surface area contributed by atoms with Crippen LogP contribution in [0.2, 0.25) is 0 Å². The van der Waals surface area contributed by atoms with Crippen molar-refractivity contribution >= 4 is 22.8 Å². The van der Waals surface area contributed by atoms with E-state index in [1.54, 1.807) is 0 Å². The van der Waals surface area contributed by atoms with Crippen molar-refractivity contribution in [2.45, 2.75) is 53.1 Å². The number of benzene rings is 1. The average molecular weight is 475 g/mol. The zero-order valence-electron chi connectivity index (χ0n) is 21.0. The third kappa shape index (κ3) is 4.67. The molecule has 1 unspecified atom stereocenters. The van der Waals surface area contributed by atoms with Gasteiger partial charge in [0.05, 0.1) is 6.54 Å². The molecule has 2 aliphatic rings. The number of hydrogen-bond donors (Lipinski definition) is 0. The van der Waals surface area contributed by atoms with Crippen molar-refractivity contribution in [3.05, 3.63) is 76.3 Å². The van der Waals surface area contributed by atoms with Crippen LogP contribution >= 0.6 is 0 Å². The normalized spacial score (nSPS) is 19.0. The fourth-order valence-electron chi connectivity index (χ4n) is 5.21. The zero-order chi connectivity index (χ0) is 24.7. The van der Waals surface area contributed by atoms with Crippen LogP contribution in [0.1, 0.15) is 44.5 Å². The minimum atomic E-state index is -0.224. The highest BCUT2D eigenvalue weighted by atomic mass is 19.1. The molecule has 0 spiro atoms. The molecular weight excluding hydrogens is 441 g/mol. The van der Waals surface area contributed by atoms with Gasteiger partial charge in [0.15, 0.2) is 0 Å². The van der Waals surface area contributed by atoms with Crippen molar-refractivity contribution < 1.29 is 9.18 Å². The fraction of sp³-hybridized carbons (Fsp3) is 0.429. The Morgan fingerprint density at radius 2 is 1.86 bits per heavy atom. The van der Waals surface area contributed by atoms with E-state index in [0.29, 0.717) is 25.5 Å². The summed E-state index contributed by atoms with van der Waals surface area (Å²) in [6.45, 7) is 11.8. The Morgan fingerprint density at radius 3 is 2.54 bits per heavy atom. The van der Waals surface area contributed by atoms with Gasteiger partial charge in [0.2, 0.25) is 5.91 Å². The van der Waals surface area contributed by atoms with Gasteiger partial charge in [-0.25, -0.2) is 4.39 Å². The van der Waals surface area contributed by atoms with Crippen LogP contribution in [0.5, 0.6) is 0 Å². The van der Waals surface area contributed by atoms with Gasteiger partial charge >= 0.3 is 0 Å². The maximum absolute atomic E-state index is 13.1. The summed E-state index contributed by atoms with van der Waals surface area (Å²) in [5, 5.41) is 6.02. The van der Waals surface area contributed by atoms with E-state index in [9.17, 15) is 9.18 Å².